The van der Waals surface area contributed by atoms with E-state index in [4.69, 9.17) is 4.99 Å². The molecular formula is C19H36N4O. The van der Waals surface area contributed by atoms with E-state index in [0.717, 1.165) is 44.7 Å². The zero-order valence-corrected chi connectivity index (χ0v) is 15.2. The fourth-order valence-corrected chi connectivity index (χ4v) is 4.30. The maximum Gasteiger partial charge on any atom is 0.191 e. The first-order valence-electron chi connectivity index (χ1n) is 10.3. The predicted molar refractivity (Wildman–Crippen MR) is 99.4 cm³/mol. The molecule has 0 aromatic carbocycles. The van der Waals surface area contributed by atoms with Crippen LogP contribution in [0.3, 0.4) is 0 Å². The van der Waals surface area contributed by atoms with Crippen molar-refractivity contribution in [2.24, 2.45) is 4.99 Å². The molecule has 0 spiro atoms. The van der Waals surface area contributed by atoms with Gasteiger partial charge < -0.3 is 20.6 Å². The molecule has 2 aliphatic carbocycles. The molecule has 0 aromatic rings. The lowest BCUT2D eigenvalue weighted by atomic mass is 9.93. The van der Waals surface area contributed by atoms with Gasteiger partial charge in [-0.05, 0) is 64.5 Å². The number of hydrogen-bond donors (Lipinski definition) is 3. The third-order valence-corrected chi connectivity index (χ3v) is 5.87. The molecule has 0 unspecified atom stereocenters. The average molecular weight is 337 g/mol. The first-order valence-corrected chi connectivity index (χ1v) is 10.3. The zero-order chi connectivity index (χ0) is 16.6. The second kappa shape index (κ2) is 9.62. The van der Waals surface area contributed by atoms with Crippen molar-refractivity contribution >= 4 is 5.96 Å². The van der Waals surface area contributed by atoms with Crippen LogP contribution in [0.25, 0.3) is 0 Å². The Morgan fingerprint density at radius 2 is 1.46 bits per heavy atom. The molecule has 5 nitrogen and oxygen atoms in total. The van der Waals surface area contributed by atoms with Crippen LogP contribution in [-0.2, 0) is 0 Å². The summed E-state index contributed by atoms with van der Waals surface area (Å²) in [5, 5.41) is 17.1. The van der Waals surface area contributed by atoms with Gasteiger partial charge in [0.15, 0.2) is 5.96 Å². The Hall–Kier alpha value is -0.810. The summed E-state index contributed by atoms with van der Waals surface area (Å²) in [6.45, 7) is 4.46. The number of aliphatic hydroxyl groups excluding tert-OH is 1. The molecule has 1 heterocycles. The molecule has 1 saturated heterocycles. The summed E-state index contributed by atoms with van der Waals surface area (Å²) < 4.78 is 0. The molecule has 2 saturated carbocycles. The van der Waals surface area contributed by atoms with Gasteiger partial charge in [0.05, 0.1) is 12.6 Å². The smallest absolute Gasteiger partial charge is 0.191 e. The van der Waals surface area contributed by atoms with Crippen LogP contribution in [0.2, 0.25) is 0 Å². The number of aliphatic hydroxyl groups is 1. The van der Waals surface area contributed by atoms with Gasteiger partial charge >= 0.3 is 0 Å². The standard InChI is InChI=1S/C19H36N4O/c24-18-10-8-17(9-11-18)22-19(21-16-6-2-1-3-7-16)20-12-15-23-13-4-5-14-23/h16-18,24H,1-15H2,(H2,20,21,22). The van der Waals surface area contributed by atoms with Gasteiger partial charge in [0.25, 0.3) is 0 Å². The van der Waals surface area contributed by atoms with Crippen LogP contribution >= 0.6 is 0 Å². The van der Waals surface area contributed by atoms with Crippen LogP contribution in [-0.4, -0.2) is 60.3 Å². The number of aliphatic imine (C=N–C) groups is 1. The fourth-order valence-electron chi connectivity index (χ4n) is 4.30. The predicted octanol–water partition coefficient (Wildman–Crippen LogP) is 2.25. The SMILES string of the molecule is OC1CCC(NC(=NCCN2CCCC2)NC2CCCCC2)CC1. The largest absolute Gasteiger partial charge is 0.393 e. The highest BCUT2D eigenvalue weighted by Crippen LogP contribution is 2.19. The van der Waals surface area contributed by atoms with Gasteiger partial charge in [-0.15, -0.1) is 0 Å². The quantitative estimate of drug-likeness (QED) is 0.532. The second-order valence-electron chi connectivity index (χ2n) is 7.91. The van der Waals surface area contributed by atoms with E-state index >= 15 is 0 Å². The van der Waals surface area contributed by atoms with Crippen LogP contribution < -0.4 is 10.6 Å². The van der Waals surface area contributed by atoms with Crippen molar-refractivity contribution in [2.75, 3.05) is 26.2 Å². The second-order valence-corrected chi connectivity index (χ2v) is 7.91. The van der Waals surface area contributed by atoms with Crippen molar-refractivity contribution in [2.45, 2.75) is 88.8 Å². The fraction of sp³-hybridized carbons (Fsp3) is 0.947. The molecule has 0 bridgehead atoms. The van der Waals surface area contributed by atoms with Crippen LogP contribution in [0.4, 0.5) is 0 Å². The van der Waals surface area contributed by atoms with Crippen molar-refractivity contribution in [3.05, 3.63) is 0 Å². The van der Waals surface area contributed by atoms with Gasteiger partial charge in [0.2, 0.25) is 0 Å². The molecule has 3 N–H and O–H groups in total. The minimum Gasteiger partial charge on any atom is -0.393 e. The molecule has 0 aromatic heterocycles. The maximum atomic E-state index is 9.71. The topological polar surface area (TPSA) is 59.9 Å². The van der Waals surface area contributed by atoms with Gasteiger partial charge in [0.1, 0.15) is 0 Å². The lowest BCUT2D eigenvalue weighted by molar-refractivity contribution is 0.120. The van der Waals surface area contributed by atoms with Crippen LogP contribution in [0.15, 0.2) is 4.99 Å². The van der Waals surface area contributed by atoms with E-state index in [1.165, 1.54) is 58.0 Å². The highest BCUT2D eigenvalue weighted by molar-refractivity contribution is 5.80. The molecule has 24 heavy (non-hydrogen) atoms. The van der Waals surface area contributed by atoms with E-state index < -0.39 is 0 Å². The number of likely N-dealkylation sites (tertiary alicyclic amines) is 1. The molecule has 0 atom stereocenters. The van der Waals surface area contributed by atoms with E-state index in [1.54, 1.807) is 0 Å². The Bertz CT molecular complexity index is 381. The van der Waals surface area contributed by atoms with Crippen molar-refractivity contribution in [3.8, 4) is 0 Å². The summed E-state index contributed by atoms with van der Waals surface area (Å²) in [6.07, 6.45) is 13.2. The Kier molecular flexibility index (Phi) is 7.21. The molecule has 3 aliphatic rings. The molecule has 0 radical (unpaired) electrons. The number of guanidine groups is 1. The summed E-state index contributed by atoms with van der Waals surface area (Å²) in [7, 11) is 0. The summed E-state index contributed by atoms with van der Waals surface area (Å²) in [5.74, 6) is 1.02. The first kappa shape index (κ1) is 18.0. The van der Waals surface area contributed by atoms with Gasteiger partial charge in [-0.3, -0.25) is 4.99 Å². The number of rotatable bonds is 5. The third kappa shape index (κ3) is 5.92. The average Bonchev–Trinajstić information content (AvgIpc) is 3.11. The zero-order valence-electron chi connectivity index (χ0n) is 15.2. The maximum absolute atomic E-state index is 9.71. The number of hydrogen-bond acceptors (Lipinski definition) is 3. The minimum absolute atomic E-state index is 0.0927. The molecular weight excluding hydrogens is 300 g/mol. The van der Waals surface area contributed by atoms with E-state index in [0.29, 0.717) is 12.1 Å². The third-order valence-electron chi connectivity index (χ3n) is 5.87. The Morgan fingerprint density at radius 3 is 2.12 bits per heavy atom. The summed E-state index contributed by atoms with van der Waals surface area (Å²) in [5.41, 5.74) is 0. The summed E-state index contributed by atoms with van der Waals surface area (Å²) in [4.78, 5) is 7.41. The molecule has 1 aliphatic heterocycles. The van der Waals surface area contributed by atoms with Gasteiger partial charge in [0, 0.05) is 18.6 Å². The van der Waals surface area contributed by atoms with Crippen LogP contribution in [0, 0.1) is 0 Å². The van der Waals surface area contributed by atoms with Crippen molar-refractivity contribution in [3.63, 3.8) is 0 Å². The molecule has 5 heteroatoms. The van der Waals surface area contributed by atoms with Crippen LogP contribution in [0.5, 0.6) is 0 Å². The number of nitrogens with zero attached hydrogens (tertiary/aromatic N) is 2. The van der Waals surface area contributed by atoms with E-state index in [9.17, 15) is 5.11 Å². The monoisotopic (exact) mass is 336 g/mol. The normalized spacial score (nSPS) is 30.5. The van der Waals surface area contributed by atoms with Crippen molar-refractivity contribution in [1.29, 1.82) is 0 Å². The van der Waals surface area contributed by atoms with E-state index in [1.807, 2.05) is 0 Å². The first-order chi connectivity index (χ1) is 11.8. The highest BCUT2D eigenvalue weighted by atomic mass is 16.3. The van der Waals surface area contributed by atoms with Crippen LogP contribution in [0.1, 0.15) is 70.6 Å². The summed E-state index contributed by atoms with van der Waals surface area (Å²) >= 11 is 0. The lowest BCUT2D eigenvalue weighted by Gasteiger charge is -2.30. The number of nitrogens with one attached hydrogen (secondary N) is 2. The summed E-state index contributed by atoms with van der Waals surface area (Å²) in [6, 6.07) is 1.06. The molecule has 138 valence electrons. The molecule has 0 amide bonds. The Morgan fingerprint density at radius 1 is 0.833 bits per heavy atom. The Labute approximate surface area is 147 Å². The lowest BCUT2D eigenvalue weighted by Crippen LogP contribution is -2.49. The van der Waals surface area contributed by atoms with Gasteiger partial charge in [-0.1, -0.05) is 19.3 Å². The highest BCUT2D eigenvalue weighted by Gasteiger charge is 2.22. The van der Waals surface area contributed by atoms with Crippen molar-refractivity contribution < 1.29 is 5.11 Å². The molecule has 3 fully saturated rings. The van der Waals surface area contributed by atoms with Gasteiger partial charge in [-0.25, -0.2) is 0 Å². The van der Waals surface area contributed by atoms with Crippen molar-refractivity contribution in [1.82, 2.24) is 15.5 Å². The van der Waals surface area contributed by atoms with E-state index in [2.05, 4.69) is 15.5 Å². The van der Waals surface area contributed by atoms with E-state index in [-0.39, 0.29) is 6.10 Å². The molecule has 3 rings (SSSR count). The van der Waals surface area contributed by atoms with Gasteiger partial charge in [-0.2, -0.15) is 0 Å². The minimum atomic E-state index is -0.0927. The Balaban J connectivity index is 1.50.